The zero-order valence-corrected chi connectivity index (χ0v) is 12.5. The summed E-state index contributed by atoms with van der Waals surface area (Å²) in [4.78, 5) is 12.0. The number of nitrogens with one attached hydrogen (secondary N) is 1. The molecule has 0 spiro atoms. The lowest BCUT2D eigenvalue weighted by Gasteiger charge is -2.19. The molecule has 1 amide bonds. The molecule has 1 saturated heterocycles. The van der Waals surface area contributed by atoms with Crippen LogP contribution in [-0.4, -0.2) is 19.1 Å². The first kappa shape index (κ1) is 14.9. The van der Waals surface area contributed by atoms with Gasteiger partial charge in [0.15, 0.2) is 0 Å². The van der Waals surface area contributed by atoms with Gasteiger partial charge in [-0.2, -0.15) is 0 Å². The van der Waals surface area contributed by atoms with E-state index < -0.39 is 0 Å². The second-order valence-electron chi connectivity index (χ2n) is 5.69. The summed E-state index contributed by atoms with van der Waals surface area (Å²) in [5, 5.41) is 3.04. The van der Waals surface area contributed by atoms with Crippen LogP contribution in [0.1, 0.15) is 30.1 Å². The van der Waals surface area contributed by atoms with Crippen LogP contribution >= 0.6 is 0 Å². The Morgan fingerprint density at radius 3 is 2.86 bits per heavy atom. The largest absolute Gasteiger partial charge is 0.472 e. The number of carbonyl (C=O) groups excluding carboxylic acids is 1. The Morgan fingerprint density at radius 2 is 2.09 bits per heavy atom. The van der Waals surface area contributed by atoms with Gasteiger partial charge >= 0.3 is 0 Å². The minimum Gasteiger partial charge on any atom is -0.472 e. The molecule has 1 aromatic heterocycles. The lowest BCUT2D eigenvalue weighted by molar-refractivity contribution is -0.121. The van der Waals surface area contributed by atoms with Crippen molar-refractivity contribution in [2.75, 3.05) is 13.2 Å². The minimum absolute atomic E-state index is 0.0833. The third-order valence-corrected chi connectivity index (χ3v) is 4.12. The van der Waals surface area contributed by atoms with E-state index in [4.69, 9.17) is 9.15 Å². The molecule has 4 nitrogen and oxygen atoms in total. The Bertz CT molecular complexity index is 580. The SMILES string of the molecule is O=C(CCc1ccoc1)NC[C@H]1CCO[C@@H]1c1ccccc1. The van der Waals surface area contributed by atoms with Crippen LogP contribution < -0.4 is 5.32 Å². The van der Waals surface area contributed by atoms with Crippen LogP contribution in [0.3, 0.4) is 0 Å². The number of ether oxygens (including phenoxy) is 1. The maximum absolute atomic E-state index is 12.0. The summed E-state index contributed by atoms with van der Waals surface area (Å²) in [6, 6.07) is 12.1. The van der Waals surface area contributed by atoms with Crippen molar-refractivity contribution in [2.45, 2.75) is 25.4 Å². The van der Waals surface area contributed by atoms with Gasteiger partial charge in [0.05, 0.1) is 18.6 Å². The maximum Gasteiger partial charge on any atom is 0.220 e. The molecule has 0 bridgehead atoms. The van der Waals surface area contributed by atoms with Crippen molar-refractivity contribution in [3.05, 3.63) is 60.1 Å². The number of benzene rings is 1. The summed E-state index contributed by atoms with van der Waals surface area (Å²) >= 11 is 0. The molecule has 1 aliphatic rings. The third-order valence-electron chi connectivity index (χ3n) is 4.12. The summed E-state index contributed by atoms with van der Waals surface area (Å²) < 4.78 is 10.8. The second kappa shape index (κ2) is 7.27. The summed E-state index contributed by atoms with van der Waals surface area (Å²) in [5.41, 5.74) is 2.25. The smallest absolute Gasteiger partial charge is 0.220 e. The number of aryl methyl sites for hydroxylation is 1. The van der Waals surface area contributed by atoms with E-state index in [0.717, 1.165) is 18.6 Å². The standard InChI is InChI=1S/C18H21NO3/c20-17(7-6-14-8-10-21-13-14)19-12-16-9-11-22-18(16)15-4-2-1-3-5-15/h1-5,8,10,13,16,18H,6-7,9,11-12H2,(H,19,20)/t16-,18-/m1/s1. The molecular weight excluding hydrogens is 278 g/mol. The molecule has 4 heteroatoms. The summed E-state index contributed by atoms with van der Waals surface area (Å²) in [5.74, 6) is 0.431. The minimum atomic E-state index is 0.0833. The predicted molar refractivity (Wildman–Crippen MR) is 83.3 cm³/mol. The number of amides is 1. The molecule has 2 atom stereocenters. The Kier molecular flexibility index (Phi) is 4.91. The average molecular weight is 299 g/mol. The van der Waals surface area contributed by atoms with E-state index in [0.29, 0.717) is 25.3 Å². The molecule has 116 valence electrons. The van der Waals surface area contributed by atoms with Gasteiger partial charge in [-0.15, -0.1) is 0 Å². The first-order chi connectivity index (χ1) is 10.8. The van der Waals surface area contributed by atoms with Crippen molar-refractivity contribution in [1.29, 1.82) is 0 Å². The van der Waals surface area contributed by atoms with Crippen LogP contribution in [0.5, 0.6) is 0 Å². The third kappa shape index (κ3) is 3.77. The fraction of sp³-hybridized carbons (Fsp3) is 0.389. The van der Waals surface area contributed by atoms with E-state index in [1.807, 2.05) is 24.3 Å². The zero-order valence-electron chi connectivity index (χ0n) is 12.5. The Labute approximate surface area is 130 Å². The van der Waals surface area contributed by atoms with Gasteiger partial charge in [-0.1, -0.05) is 30.3 Å². The van der Waals surface area contributed by atoms with Gasteiger partial charge in [0.2, 0.25) is 5.91 Å². The van der Waals surface area contributed by atoms with Crippen LogP contribution in [0.2, 0.25) is 0 Å². The topological polar surface area (TPSA) is 51.5 Å². The predicted octanol–water partition coefficient (Wildman–Crippen LogP) is 3.11. The van der Waals surface area contributed by atoms with Crippen molar-refractivity contribution in [3.8, 4) is 0 Å². The fourth-order valence-electron chi connectivity index (χ4n) is 2.88. The van der Waals surface area contributed by atoms with E-state index in [2.05, 4.69) is 17.4 Å². The monoisotopic (exact) mass is 299 g/mol. The number of hydrogen-bond acceptors (Lipinski definition) is 3. The Balaban J connectivity index is 1.47. The summed E-state index contributed by atoms with van der Waals surface area (Å²) in [7, 11) is 0. The number of rotatable bonds is 6. The van der Waals surface area contributed by atoms with E-state index >= 15 is 0 Å². The zero-order chi connectivity index (χ0) is 15.2. The Morgan fingerprint density at radius 1 is 1.23 bits per heavy atom. The van der Waals surface area contributed by atoms with E-state index in [1.54, 1.807) is 12.5 Å². The van der Waals surface area contributed by atoms with Gasteiger partial charge in [-0.3, -0.25) is 4.79 Å². The van der Waals surface area contributed by atoms with E-state index in [9.17, 15) is 4.79 Å². The lowest BCUT2D eigenvalue weighted by atomic mass is 9.95. The first-order valence-electron chi connectivity index (χ1n) is 7.77. The van der Waals surface area contributed by atoms with Gasteiger partial charge in [0.25, 0.3) is 0 Å². The van der Waals surface area contributed by atoms with E-state index in [-0.39, 0.29) is 12.0 Å². The highest BCUT2D eigenvalue weighted by Gasteiger charge is 2.29. The average Bonchev–Trinajstić information content (AvgIpc) is 3.23. The first-order valence-corrected chi connectivity index (χ1v) is 7.77. The normalized spacial score (nSPS) is 20.9. The highest BCUT2D eigenvalue weighted by Crippen LogP contribution is 2.33. The number of furan rings is 1. The lowest BCUT2D eigenvalue weighted by Crippen LogP contribution is -2.30. The van der Waals surface area contributed by atoms with Gasteiger partial charge in [-0.05, 0) is 30.0 Å². The second-order valence-corrected chi connectivity index (χ2v) is 5.69. The van der Waals surface area contributed by atoms with Crippen LogP contribution in [0.25, 0.3) is 0 Å². The number of hydrogen-bond donors (Lipinski definition) is 1. The quantitative estimate of drug-likeness (QED) is 0.891. The van der Waals surface area contributed by atoms with Crippen LogP contribution in [0, 0.1) is 5.92 Å². The van der Waals surface area contributed by atoms with Gasteiger partial charge in [0.1, 0.15) is 0 Å². The van der Waals surface area contributed by atoms with Crippen molar-refractivity contribution < 1.29 is 13.9 Å². The molecule has 2 heterocycles. The van der Waals surface area contributed by atoms with Gasteiger partial charge in [0, 0.05) is 25.5 Å². The molecule has 2 aromatic rings. The summed E-state index contributed by atoms with van der Waals surface area (Å²) in [6.07, 6.45) is 5.60. The molecule has 1 fully saturated rings. The van der Waals surface area contributed by atoms with Gasteiger partial charge < -0.3 is 14.5 Å². The molecule has 0 saturated carbocycles. The number of carbonyl (C=O) groups is 1. The molecular formula is C18H21NO3. The van der Waals surface area contributed by atoms with Gasteiger partial charge in [-0.25, -0.2) is 0 Å². The maximum atomic E-state index is 12.0. The molecule has 22 heavy (non-hydrogen) atoms. The van der Waals surface area contributed by atoms with Crippen LogP contribution in [0.15, 0.2) is 53.3 Å². The van der Waals surface area contributed by atoms with Crippen molar-refractivity contribution in [1.82, 2.24) is 5.32 Å². The van der Waals surface area contributed by atoms with Crippen molar-refractivity contribution >= 4 is 5.91 Å². The molecule has 3 rings (SSSR count). The summed E-state index contributed by atoms with van der Waals surface area (Å²) in [6.45, 7) is 1.43. The molecule has 0 aliphatic carbocycles. The molecule has 1 aromatic carbocycles. The van der Waals surface area contributed by atoms with E-state index in [1.165, 1.54) is 5.56 Å². The highest BCUT2D eigenvalue weighted by atomic mass is 16.5. The van der Waals surface area contributed by atoms with Crippen molar-refractivity contribution in [3.63, 3.8) is 0 Å². The fourth-order valence-corrected chi connectivity index (χ4v) is 2.88. The molecule has 0 unspecified atom stereocenters. The Hall–Kier alpha value is -2.07. The molecule has 1 N–H and O–H groups in total. The molecule has 1 aliphatic heterocycles. The molecule has 0 radical (unpaired) electrons. The van der Waals surface area contributed by atoms with Crippen molar-refractivity contribution in [2.24, 2.45) is 5.92 Å². The highest BCUT2D eigenvalue weighted by molar-refractivity contribution is 5.76. The van der Waals surface area contributed by atoms with Crippen LogP contribution in [-0.2, 0) is 16.0 Å². The van der Waals surface area contributed by atoms with Crippen LogP contribution in [0.4, 0.5) is 0 Å².